The molecular weight excluding hydrogens is 458 g/mol. The van der Waals surface area contributed by atoms with Crippen LogP contribution in [0.2, 0.25) is 5.02 Å². The molecule has 9 heteroatoms. The number of aromatic nitrogens is 2. The maximum absolute atomic E-state index is 12.9. The molecule has 0 spiro atoms. The number of ether oxygens (including phenoxy) is 1. The van der Waals surface area contributed by atoms with Crippen molar-refractivity contribution in [3.8, 4) is 17.2 Å². The molecule has 0 aliphatic rings. The molecule has 4 rings (SSSR count). The first-order chi connectivity index (χ1) is 16.4. The van der Waals surface area contributed by atoms with Gasteiger partial charge in [0.2, 0.25) is 0 Å². The van der Waals surface area contributed by atoms with Gasteiger partial charge in [0.15, 0.2) is 0 Å². The molecule has 3 aromatic carbocycles. The van der Waals surface area contributed by atoms with Crippen LogP contribution in [0.15, 0.2) is 89.7 Å². The van der Waals surface area contributed by atoms with Crippen LogP contribution in [0.4, 0.5) is 0 Å². The molecular formula is C25H20ClN3O5. The van der Waals surface area contributed by atoms with Crippen molar-refractivity contribution < 1.29 is 19.4 Å². The summed E-state index contributed by atoms with van der Waals surface area (Å²) in [6.07, 6.45) is -0.347. The minimum Gasteiger partial charge on any atom is -0.481 e. The number of aromatic amines is 1. The third-order valence-corrected chi connectivity index (χ3v) is 5.32. The molecule has 1 atom stereocenters. The van der Waals surface area contributed by atoms with E-state index in [1.807, 2.05) is 30.3 Å². The summed E-state index contributed by atoms with van der Waals surface area (Å²) in [5.74, 6) is -0.482. The van der Waals surface area contributed by atoms with Gasteiger partial charge in [-0.05, 0) is 42.0 Å². The number of para-hydroxylation sites is 2. The van der Waals surface area contributed by atoms with E-state index >= 15 is 0 Å². The van der Waals surface area contributed by atoms with Gasteiger partial charge in [-0.25, -0.2) is 4.68 Å². The van der Waals surface area contributed by atoms with Gasteiger partial charge in [0.25, 0.3) is 11.5 Å². The Hall–Kier alpha value is -4.30. The van der Waals surface area contributed by atoms with E-state index in [0.29, 0.717) is 27.8 Å². The minimum absolute atomic E-state index is 0.0238. The second-order valence-electron chi connectivity index (χ2n) is 7.40. The molecule has 1 unspecified atom stereocenters. The lowest BCUT2D eigenvalue weighted by molar-refractivity contribution is -0.137. The zero-order valence-electron chi connectivity index (χ0n) is 17.8. The normalized spacial score (nSPS) is 11.6. The number of hydrogen-bond acceptors (Lipinski definition) is 4. The average Bonchev–Trinajstić information content (AvgIpc) is 3.21. The van der Waals surface area contributed by atoms with Crippen LogP contribution in [-0.4, -0.2) is 26.8 Å². The quantitative estimate of drug-likeness (QED) is 0.344. The van der Waals surface area contributed by atoms with E-state index in [4.69, 9.17) is 16.3 Å². The summed E-state index contributed by atoms with van der Waals surface area (Å²) in [4.78, 5) is 36.7. The number of carboxylic acid groups (broad SMARTS) is 1. The molecule has 0 saturated carbocycles. The standard InChI is InChI=1S/C25H20ClN3O5/c26-19-8-4-5-9-22(19)29-23(30)14-21(28-29)25(33)27-20(15-24(31)32)16-10-12-18(13-11-16)34-17-6-2-1-3-7-17/h1-14,20,28H,15H2,(H,27,33)(H,31,32). The highest BCUT2D eigenvalue weighted by atomic mass is 35.5. The van der Waals surface area contributed by atoms with Crippen LogP contribution < -0.4 is 15.6 Å². The van der Waals surface area contributed by atoms with E-state index in [1.54, 1.807) is 48.5 Å². The van der Waals surface area contributed by atoms with E-state index in [0.717, 1.165) is 10.7 Å². The number of H-pyrrole nitrogens is 1. The van der Waals surface area contributed by atoms with Crippen LogP contribution in [0.25, 0.3) is 5.69 Å². The van der Waals surface area contributed by atoms with Crippen molar-refractivity contribution in [3.63, 3.8) is 0 Å². The molecule has 1 aromatic heterocycles. The molecule has 0 radical (unpaired) electrons. The van der Waals surface area contributed by atoms with E-state index in [1.165, 1.54) is 0 Å². The second-order valence-corrected chi connectivity index (χ2v) is 7.81. The molecule has 4 aromatic rings. The number of amides is 1. The predicted octanol–water partition coefficient (Wildman–Crippen LogP) is 4.56. The van der Waals surface area contributed by atoms with Crippen LogP contribution in [-0.2, 0) is 4.79 Å². The summed E-state index contributed by atoms with van der Waals surface area (Å²) >= 11 is 6.15. The third kappa shape index (κ3) is 5.36. The fraction of sp³-hybridized carbons (Fsp3) is 0.0800. The minimum atomic E-state index is -1.09. The van der Waals surface area contributed by atoms with Gasteiger partial charge < -0.3 is 15.2 Å². The number of carboxylic acids is 1. The Morgan fingerprint density at radius 1 is 0.971 bits per heavy atom. The first-order valence-electron chi connectivity index (χ1n) is 10.3. The van der Waals surface area contributed by atoms with Gasteiger partial charge in [0.1, 0.15) is 17.2 Å². The smallest absolute Gasteiger partial charge is 0.305 e. The van der Waals surface area contributed by atoms with Crippen LogP contribution >= 0.6 is 11.6 Å². The number of halogens is 1. The Balaban J connectivity index is 1.53. The van der Waals surface area contributed by atoms with Crippen molar-refractivity contribution in [3.05, 3.63) is 112 Å². The average molecular weight is 478 g/mol. The lowest BCUT2D eigenvalue weighted by atomic mass is 10.0. The molecule has 8 nitrogen and oxygen atoms in total. The maximum Gasteiger partial charge on any atom is 0.305 e. The molecule has 0 saturated heterocycles. The first-order valence-corrected chi connectivity index (χ1v) is 10.7. The summed E-state index contributed by atoms with van der Waals surface area (Å²) in [5, 5.41) is 15.1. The van der Waals surface area contributed by atoms with E-state index in [9.17, 15) is 19.5 Å². The number of carbonyl (C=O) groups excluding carboxylic acids is 1. The van der Waals surface area contributed by atoms with Gasteiger partial charge in [0, 0.05) is 6.07 Å². The van der Waals surface area contributed by atoms with E-state index < -0.39 is 23.5 Å². The summed E-state index contributed by atoms with van der Waals surface area (Å²) in [7, 11) is 0. The van der Waals surface area contributed by atoms with Crippen LogP contribution in [0, 0.1) is 0 Å². The summed E-state index contributed by atoms with van der Waals surface area (Å²) in [5.41, 5.74) is 0.466. The molecule has 172 valence electrons. The molecule has 34 heavy (non-hydrogen) atoms. The number of rotatable bonds is 8. The van der Waals surface area contributed by atoms with Gasteiger partial charge in [-0.15, -0.1) is 0 Å². The highest BCUT2D eigenvalue weighted by Crippen LogP contribution is 2.25. The van der Waals surface area contributed by atoms with Gasteiger partial charge >= 0.3 is 5.97 Å². The molecule has 3 N–H and O–H groups in total. The number of aliphatic carboxylic acids is 1. The molecule has 0 aliphatic carbocycles. The van der Waals surface area contributed by atoms with Crippen molar-refractivity contribution in [2.75, 3.05) is 0 Å². The Kier molecular flexibility index (Phi) is 6.79. The zero-order valence-corrected chi connectivity index (χ0v) is 18.5. The van der Waals surface area contributed by atoms with Crippen molar-refractivity contribution in [2.45, 2.75) is 12.5 Å². The Morgan fingerprint density at radius 2 is 1.62 bits per heavy atom. The van der Waals surface area contributed by atoms with Crippen LogP contribution in [0.1, 0.15) is 28.5 Å². The molecule has 1 heterocycles. The Bertz CT molecular complexity index is 1360. The SMILES string of the molecule is O=C(O)CC(NC(=O)c1cc(=O)n(-c2ccccc2Cl)[nH]1)c1ccc(Oc2ccccc2)cc1. The molecule has 0 bridgehead atoms. The van der Waals surface area contributed by atoms with Crippen molar-refractivity contribution in [2.24, 2.45) is 0 Å². The van der Waals surface area contributed by atoms with Crippen molar-refractivity contribution in [1.29, 1.82) is 0 Å². The highest BCUT2D eigenvalue weighted by molar-refractivity contribution is 6.32. The monoisotopic (exact) mass is 477 g/mol. The molecule has 1 amide bonds. The fourth-order valence-electron chi connectivity index (χ4n) is 3.38. The number of carbonyl (C=O) groups is 2. The largest absolute Gasteiger partial charge is 0.481 e. The number of nitrogens with one attached hydrogen (secondary N) is 2. The topological polar surface area (TPSA) is 113 Å². The van der Waals surface area contributed by atoms with Gasteiger partial charge in [-0.3, -0.25) is 19.5 Å². The fourth-order valence-corrected chi connectivity index (χ4v) is 3.60. The van der Waals surface area contributed by atoms with Crippen LogP contribution in [0.5, 0.6) is 11.5 Å². The summed E-state index contributed by atoms with van der Waals surface area (Å²) in [6, 6.07) is 23.0. The zero-order chi connectivity index (χ0) is 24.1. The van der Waals surface area contributed by atoms with Crippen molar-refractivity contribution >= 4 is 23.5 Å². The number of hydrogen-bond donors (Lipinski definition) is 3. The second kappa shape index (κ2) is 10.1. The maximum atomic E-state index is 12.9. The lowest BCUT2D eigenvalue weighted by Gasteiger charge is -2.17. The number of nitrogens with zero attached hydrogens (tertiary/aromatic N) is 1. The van der Waals surface area contributed by atoms with E-state index in [2.05, 4.69) is 10.4 Å². The highest BCUT2D eigenvalue weighted by Gasteiger charge is 2.21. The van der Waals surface area contributed by atoms with Crippen LogP contribution in [0.3, 0.4) is 0 Å². The number of benzene rings is 3. The lowest BCUT2D eigenvalue weighted by Crippen LogP contribution is -2.30. The van der Waals surface area contributed by atoms with Gasteiger partial charge in [-0.2, -0.15) is 0 Å². The predicted molar refractivity (Wildman–Crippen MR) is 127 cm³/mol. The Morgan fingerprint density at radius 3 is 2.29 bits per heavy atom. The van der Waals surface area contributed by atoms with Gasteiger partial charge in [0.05, 0.1) is 23.2 Å². The van der Waals surface area contributed by atoms with Crippen molar-refractivity contribution in [1.82, 2.24) is 15.1 Å². The third-order valence-electron chi connectivity index (χ3n) is 5.00. The van der Waals surface area contributed by atoms with Gasteiger partial charge in [-0.1, -0.05) is 54.1 Å². The Labute approximate surface area is 199 Å². The molecule has 0 fully saturated rings. The van der Waals surface area contributed by atoms with E-state index in [-0.39, 0.29) is 12.1 Å². The molecule has 0 aliphatic heterocycles. The summed E-state index contributed by atoms with van der Waals surface area (Å²) in [6.45, 7) is 0. The summed E-state index contributed by atoms with van der Waals surface area (Å²) < 4.78 is 6.91. The first kappa shape index (κ1) is 22.9.